The summed E-state index contributed by atoms with van der Waals surface area (Å²) in [6.45, 7) is 11.0. The zero-order chi connectivity index (χ0) is 14.9. The first-order valence-corrected chi connectivity index (χ1v) is 7.95. The van der Waals surface area contributed by atoms with Gasteiger partial charge in [-0.05, 0) is 66.5 Å². The van der Waals surface area contributed by atoms with Gasteiger partial charge in [0.05, 0.1) is 0 Å². The van der Waals surface area contributed by atoms with Crippen LogP contribution in [0, 0.1) is 5.92 Å². The van der Waals surface area contributed by atoms with Crippen molar-refractivity contribution in [3.8, 4) is 0 Å². The molecule has 0 N–H and O–H groups in total. The summed E-state index contributed by atoms with van der Waals surface area (Å²) in [5.74, 6) is 0.632. The summed E-state index contributed by atoms with van der Waals surface area (Å²) < 4.78 is 5.52. The number of likely N-dealkylation sites (tertiary alicyclic amines) is 2. The molecule has 3 unspecified atom stereocenters. The fraction of sp³-hybridized carbons (Fsp3) is 0.938. The molecule has 4 nitrogen and oxygen atoms in total. The fourth-order valence-corrected chi connectivity index (χ4v) is 3.57. The van der Waals surface area contributed by atoms with Crippen LogP contribution in [0.3, 0.4) is 0 Å². The number of carbonyl (C=O) groups is 1. The first-order valence-electron chi connectivity index (χ1n) is 7.95. The SMILES string of the molecule is CC(C(=O)OC(C)(C)C)N1CCC2C(CCCN2C)C1. The highest BCUT2D eigenvalue weighted by Crippen LogP contribution is 2.30. The van der Waals surface area contributed by atoms with Gasteiger partial charge in [0.2, 0.25) is 0 Å². The van der Waals surface area contributed by atoms with Crippen molar-refractivity contribution in [3.05, 3.63) is 0 Å². The maximum absolute atomic E-state index is 12.2. The van der Waals surface area contributed by atoms with E-state index in [0.717, 1.165) is 13.1 Å². The summed E-state index contributed by atoms with van der Waals surface area (Å²) in [7, 11) is 2.24. The van der Waals surface area contributed by atoms with Gasteiger partial charge in [0.1, 0.15) is 11.6 Å². The average Bonchev–Trinajstić information content (AvgIpc) is 2.35. The van der Waals surface area contributed by atoms with Crippen LogP contribution in [0.1, 0.15) is 47.0 Å². The van der Waals surface area contributed by atoms with Crippen molar-refractivity contribution in [1.29, 1.82) is 0 Å². The van der Waals surface area contributed by atoms with Gasteiger partial charge in [-0.2, -0.15) is 0 Å². The summed E-state index contributed by atoms with van der Waals surface area (Å²) >= 11 is 0. The average molecular weight is 282 g/mol. The van der Waals surface area contributed by atoms with Crippen LogP contribution in [0.5, 0.6) is 0 Å². The van der Waals surface area contributed by atoms with Gasteiger partial charge in [-0.15, -0.1) is 0 Å². The topological polar surface area (TPSA) is 32.8 Å². The van der Waals surface area contributed by atoms with Gasteiger partial charge in [-0.1, -0.05) is 0 Å². The molecule has 2 fully saturated rings. The third kappa shape index (κ3) is 3.73. The molecule has 0 amide bonds. The molecule has 0 aromatic heterocycles. The van der Waals surface area contributed by atoms with Crippen LogP contribution in [-0.2, 0) is 9.53 Å². The van der Waals surface area contributed by atoms with Crippen LogP contribution >= 0.6 is 0 Å². The molecule has 0 bridgehead atoms. The Balaban J connectivity index is 1.92. The highest BCUT2D eigenvalue weighted by molar-refractivity contribution is 5.75. The van der Waals surface area contributed by atoms with Crippen molar-refractivity contribution >= 4 is 5.97 Å². The van der Waals surface area contributed by atoms with Crippen LogP contribution in [0.25, 0.3) is 0 Å². The standard InChI is InChI=1S/C16H30N2O2/c1-12(15(19)20-16(2,3)4)18-10-8-14-13(11-18)7-6-9-17(14)5/h12-14H,6-11H2,1-5H3. The molecule has 2 rings (SSSR count). The molecule has 0 aromatic rings. The Kier molecular flexibility index (Phi) is 4.75. The second-order valence-corrected chi connectivity index (χ2v) is 7.44. The highest BCUT2D eigenvalue weighted by Gasteiger charge is 2.37. The van der Waals surface area contributed by atoms with Crippen LogP contribution in [0.15, 0.2) is 0 Å². The lowest BCUT2D eigenvalue weighted by Crippen LogP contribution is -2.56. The minimum absolute atomic E-state index is 0.0832. The lowest BCUT2D eigenvalue weighted by Gasteiger charge is -2.47. The van der Waals surface area contributed by atoms with Crippen molar-refractivity contribution in [2.45, 2.75) is 64.6 Å². The zero-order valence-corrected chi connectivity index (χ0v) is 13.7. The fourth-order valence-electron chi connectivity index (χ4n) is 3.57. The van der Waals surface area contributed by atoms with Crippen LogP contribution in [-0.4, -0.2) is 60.1 Å². The molecular formula is C16H30N2O2. The number of ether oxygens (including phenoxy) is 1. The maximum atomic E-state index is 12.2. The summed E-state index contributed by atoms with van der Waals surface area (Å²) in [4.78, 5) is 17.0. The van der Waals surface area contributed by atoms with E-state index in [-0.39, 0.29) is 12.0 Å². The molecular weight excluding hydrogens is 252 g/mol. The van der Waals surface area contributed by atoms with Gasteiger partial charge in [-0.3, -0.25) is 9.69 Å². The Hall–Kier alpha value is -0.610. The number of hydrogen-bond acceptors (Lipinski definition) is 4. The molecule has 116 valence electrons. The normalized spacial score (nSPS) is 30.6. The number of nitrogens with zero attached hydrogens (tertiary/aromatic N) is 2. The smallest absolute Gasteiger partial charge is 0.323 e. The number of carbonyl (C=O) groups excluding carboxylic acids is 1. The molecule has 0 aromatic carbocycles. The second kappa shape index (κ2) is 6.02. The lowest BCUT2D eigenvalue weighted by atomic mass is 9.84. The predicted octanol–water partition coefficient (Wildman–Crippen LogP) is 2.13. The quantitative estimate of drug-likeness (QED) is 0.727. The molecule has 4 heteroatoms. The molecule has 2 aliphatic rings. The van der Waals surface area contributed by atoms with Gasteiger partial charge in [0.25, 0.3) is 0 Å². The van der Waals surface area contributed by atoms with E-state index < -0.39 is 5.60 Å². The van der Waals surface area contributed by atoms with E-state index >= 15 is 0 Å². The minimum atomic E-state index is -0.394. The molecule has 0 saturated carbocycles. The van der Waals surface area contributed by atoms with Crippen LogP contribution in [0.4, 0.5) is 0 Å². The van der Waals surface area contributed by atoms with Gasteiger partial charge < -0.3 is 9.64 Å². The molecule has 2 heterocycles. The summed E-state index contributed by atoms with van der Waals surface area (Å²) in [5.41, 5.74) is -0.394. The number of esters is 1. The molecule has 0 radical (unpaired) electrons. The predicted molar refractivity (Wildman–Crippen MR) is 80.6 cm³/mol. The van der Waals surface area contributed by atoms with Crippen molar-refractivity contribution in [3.63, 3.8) is 0 Å². The molecule has 2 aliphatic heterocycles. The van der Waals surface area contributed by atoms with Crippen LogP contribution in [0.2, 0.25) is 0 Å². The van der Waals surface area contributed by atoms with E-state index in [9.17, 15) is 4.79 Å². The minimum Gasteiger partial charge on any atom is -0.459 e. The largest absolute Gasteiger partial charge is 0.459 e. The first kappa shape index (κ1) is 15.8. The van der Waals surface area contributed by atoms with Crippen LogP contribution < -0.4 is 0 Å². The number of rotatable bonds is 2. The van der Waals surface area contributed by atoms with Crippen molar-refractivity contribution < 1.29 is 9.53 Å². The third-order valence-corrected chi connectivity index (χ3v) is 4.67. The summed E-state index contributed by atoms with van der Waals surface area (Å²) in [5, 5.41) is 0. The van der Waals surface area contributed by atoms with E-state index in [1.165, 1.54) is 25.8 Å². The van der Waals surface area contributed by atoms with Gasteiger partial charge >= 0.3 is 5.97 Å². The summed E-state index contributed by atoms with van der Waals surface area (Å²) in [6, 6.07) is 0.591. The molecule has 0 spiro atoms. The molecule has 2 saturated heterocycles. The molecule has 0 aliphatic carbocycles. The van der Waals surface area contributed by atoms with E-state index in [1.54, 1.807) is 0 Å². The van der Waals surface area contributed by atoms with Gasteiger partial charge in [0.15, 0.2) is 0 Å². The van der Waals surface area contributed by atoms with E-state index in [1.807, 2.05) is 27.7 Å². The number of hydrogen-bond donors (Lipinski definition) is 0. The van der Waals surface area contributed by atoms with Crippen molar-refractivity contribution in [2.75, 3.05) is 26.7 Å². The monoisotopic (exact) mass is 282 g/mol. The Bertz CT molecular complexity index is 351. The Morgan fingerprint density at radius 1 is 1.25 bits per heavy atom. The van der Waals surface area contributed by atoms with E-state index in [2.05, 4.69) is 16.8 Å². The second-order valence-electron chi connectivity index (χ2n) is 7.44. The molecule has 20 heavy (non-hydrogen) atoms. The van der Waals surface area contributed by atoms with Crippen molar-refractivity contribution in [1.82, 2.24) is 9.80 Å². The lowest BCUT2D eigenvalue weighted by molar-refractivity contribution is -0.162. The van der Waals surface area contributed by atoms with Gasteiger partial charge in [-0.25, -0.2) is 0 Å². The Morgan fingerprint density at radius 3 is 2.60 bits per heavy atom. The number of piperidine rings is 2. The Morgan fingerprint density at radius 2 is 1.95 bits per heavy atom. The zero-order valence-electron chi connectivity index (χ0n) is 13.7. The number of fused-ring (bicyclic) bond motifs is 1. The van der Waals surface area contributed by atoms with E-state index in [0.29, 0.717) is 12.0 Å². The molecule has 3 atom stereocenters. The first-order chi connectivity index (χ1) is 9.28. The third-order valence-electron chi connectivity index (χ3n) is 4.67. The van der Waals surface area contributed by atoms with E-state index in [4.69, 9.17) is 4.74 Å². The Labute approximate surface area is 123 Å². The van der Waals surface area contributed by atoms with Crippen molar-refractivity contribution in [2.24, 2.45) is 5.92 Å². The highest BCUT2D eigenvalue weighted by atomic mass is 16.6. The maximum Gasteiger partial charge on any atom is 0.323 e. The van der Waals surface area contributed by atoms with Gasteiger partial charge in [0, 0.05) is 19.1 Å². The summed E-state index contributed by atoms with van der Waals surface area (Å²) in [6.07, 6.45) is 3.76.